The number of benzene rings is 1. The third-order valence-electron chi connectivity index (χ3n) is 2.77. The minimum absolute atomic E-state index is 0.0127. The van der Waals surface area contributed by atoms with Gasteiger partial charge < -0.3 is 15.2 Å². The van der Waals surface area contributed by atoms with Crippen LogP contribution < -0.4 is 10.6 Å². The lowest BCUT2D eigenvalue weighted by Crippen LogP contribution is -2.30. The van der Waals surface area contributed by atoms with E-state index < -0.39 is 4.92 Å². The number of urea groups is 1. The first-order valence-electron chi connectivity index (χ1n) is 6.40. The van der Waals surface area contributed by atoms with Gasteiger partial charge in [-0.3, -0.25) is 10.1 Å². The fourth-order valence-corrected chi connectivity index (χ4v) is 1.72. The molecule has 2 aromatic rings. The molecule has 2 amide bonds. The SMILES string of the molecule is O=C(NCCCn1ccnc1)Nc1ccc([N+](=O)[O-])cc1. The summed E-state index contributed by atoms with van der Waals surface area (Å²) in [7, 11) is 0. The third kappa shape index (κ3) is 4.60. The Morgan fingerprint density at radius 3 is 2.71 bits per heavy atom. The molecule has 8 nitrogen and oxygen atoms in total. The molecule has 0 aliphatic carbocycles. The summed E-state index contributed by atoms with van der Waals surface area (Å²) in [6, 6.07) is 5.32. The Kier molecular flexibility index (Phi) is 4.86. The summed E-state index contributed by atoms with van der Waals surface area (Å²) in [6.07, 6.45) is 6.06. The van der Waals surface area contributed by atoms with E-state index in [1.807, 2.05) is 10.8 Å². The van der Waals surface area contributed by atoms with Gasteiger partial charge in [-0.2, -0.15) is 0 Å². The van der Waals surface area contributed by atoms with Crippen LogP contribution in [0.2, 0.25) is 0 Å². The van der Waals surface area contributed by atoms with Gasteiger partial charge in [-0.15, -0.1) is 0 Å². The average Bonchev–Trinajstić information content (AvgIpc) is 2.97. The fraction of sp³-hybridized carbons (Fsp3) is 0.231. The van der Waals surface area contributed by atoms with Crippen LogP contribution in [0.5, 0.6) is 0 Å². The second-order valence-corrected chi connectivity index (χ2v) is 4.34. The highest BCUT2D eigenvalue weighted by Crippen LogP contribution is 2.15. The van der Waals surface area contributed by atoms with Crippen molar-refractivity contribution in [2.24, 2.45) is 0 Å². The molecule has 2 rings (SSSR count). The van der Waals surface area contributed by atoms with E-state index in [4.69, 9.17) is 0 Å². The molecule has 0 saturated heterocycles. The van der Waals surface area contributed by atoms with Gasteiger partial charge in [0.05, 0.1) is 11.3 Å². The lowest BCUT2D eigenvalue weighted by Gasteiger charge is -2.07. The monoisotopic (exact) mass is 289 g/mol. The minimum Gasteiger partial charge on any atom is -0.338 e. The Morgan fingerprint density at radius 1 is 1.33 bits per heavy atom. The van der Waals surface area contributed by atoms with Crippen molar-refractivity contribution in [2.75, 3.05) is 11.9 Å². The number of nitrogens with zero attached hydrogens (tertiary/aromatic N) is 3. The van der Waals surface area contributed by atoms with Crippen molar-refractivity contribution in [1.29, 1.82) is 0 Å². The van der Waals surface area contributed by atoms with Gasteiger partial charge in [-0.25, -0.2) is 9.78 Å². The molecule has 0 aliphatic heterocycles. The van der Waals surface area contributed by atoms with Crippen LogP contribution >= 0.6 is 0 Å². The first kappa shape index (κ1) is 14.5. The number of carbonyl (C=O) groups is 1. The predicted molar refractivity (Wildman–Crippen MR) is 77.0 cm³/mol. The van der Waals surface area contributed by atoms with E-state index in [-0.39, 0.29) is 11.7 Å². The molecule has 0 unspecified atom stereocenters. The van der Waals surface area contributed by atoms with E-state index in [0.29, 0.717) is 12.2 Å². The Morgan fingerprint density at radius 2 is 2.10 bits per heavy atom. The number of nitro groups is 1. The number of rotatable bonds is 6. The molecule has 0 fully saturated rings. The van der Waals surface area contributed by atoms with Gasteiger partial charge in [0.1, 0.15) is 0 Å². The summed E-state index contributed by atoms with van der Waals surface area (Å²) in [5.74, 6) is 0. The topological polar surface area (TPSA) is 102 Å². The van der Waals surface area contributed by atoms with Gasteiger partial charge in [-0.05, 0) is 18.6 Å². The van der Waals surface area contributed by atoms with E-state index in [9.17, 15) is 14.9 Å². The quantitative estimate of drug-likeness (QED) is 0.482. The average molecular weight is 289 g/mol. The third-order valence-corrected chi connectivity index (χ3v) is 2.77. The summed E-state index contributed by atoms with van der Waals surface area (Å²) in [6.45, 7) is 1.30. The molecule has 0 aliphatic rings. The maximum atomic E-state index is 11.6. The molecule has 21 heavy (non-hydrogen) atoms. The zero-order valence-electron chi connectivity index (χ0n) is 11.2. The van der Waals surface area contributed by atoms with E-state index in [2.05, 4.69) is 15.6 Å². The number of anilines is 1. The summed E-state index contributed by atoms with van der Waals surface area (Å²) in [5.41, 5.74) is 0.494. The van der Waals surface area contributed by atoms with Gasteiger partial charge in [0.25, 0.3) is 5.69 Å². The van der Waals surface area contributed by atoms with Gasteiger partial charge >= 0.3 is 6.03 Å². The zero-order chi connectivity index (χ0) is 15.1. The Labute approximate surface area is 121 Å². The molecule has 0 spiro atoms. The Balaban J connectivity index is 1.70. The van der Waals surface area contributed by atoms with Crippen molar-refractivity contribution in [3.63, 3.8) is 0 Å². The van der Waals surface area contributed by atoms with E-state index >= 15 is 0 Å². The summed E-state index contributed by atoms with van der Waals surface area (Å²) in [4.78, 5) is 25.6. The molecule has 1 aromatic heterocycles. The molecule has 110 valence electrons. The van der Waals surface area contributed by atoms with E-state index in [1.165, 1.54) is 24.3 Å². The lowest BCUT2D eigenvalue weighted by atomic mass is 10.3. The predicted octanol–water partition coefficient (Wildman–Crippen LogP) is 2.00. The number of amides is 2. The molecule has 8 heteroatoms. The number of hydrogen-bond acceptors (Lipinski definition) is 4. The number of carbonyl (C=O) groups excluding carboxylic acids is 1. The lowest BCUT2D eigenvalue weighted by molar-refractivity contribution is -0.384. The maximum absolute atomic E-state index is 11.6. The van der Waals surface area contributed by atoms with Crippen LogP contribution in [-0.4, -0.2) is 27.1 Å². The van der Waals surface area contributed by atoms with Crippen LogP contribution in [0.15, 0.2) is 43.0 Å². The number of nitro benzene ring substituents is 1. The first-order valence-corrected chi connectivity index (χ1v) is 6.40. The molecule has 0 radical (unpaired) electrons. The molecular formula is C13H15N5O3. The van der Waals surface area contributed by atoms with Gasteiger partial charge in [-0.1, -0.05) is 0 Å². The highest BCUT2D eigenvalue weighted by Gasteiger charge is 2.05. The van der Waals surface area contributed by atoms with Gasteiger partial charge in [0, 0.05) is 43.3 Å². The van der Waals surface area contributed by atoms with Crippen molar-refractivity contribution in [3.8, 4) is 0 Å². The largest absolute Gasteiger partial charge is 0.338 e. The van der Waals surface area contributed by atoms with Crippen LogP contribution in [-0.2, 0) is 6.54 Å². The maximum Gasteiger partial charge on any atom is 0.319 e. The molecule has 0 atom stereocenters. The van der Waals surface area contributed by atoms with Crippen LogP contribution in [0.25, 0.3) is 0 Å². The summed E-state index contributed by atoms with van der Waals surface area (Å²) < 4.78 is 1.93. The smallest absolute Gasteiger partial charge is 0.319 e. The Bertz CT molecular complexity index is 595. The second kappa shape index (κ2) is 7.04. The highest BCUT2D eigenvalue weighted by molar-refractivity contribution is 5.89. The normalized spacial score (nSPS) is 10.1. The van der Waals surface area contributed by atoms with Crippen molar-refractivity contribution in [3.05, 3.63) is 53.1 Å². The number of imidazole rings is 1. The number of aromatic nitrogens is 2. The van der Waals surface area contributed by atoms with Crippen molar-refractivity contribution >= 4 is 17.4 Å². The van der Waals surface area contributed by atoms with Crippen molar-refractivity contribution < 1.29 is 9.72 Å². The zero-order valence-corrected chi connectivity index (χ0v) is 11.2. The van der Waals surface area contributed by atoms with E-state index in [1.54, 1.807) is 12.5 Å². The first-order chi connectivity index (χ1) is 10.1. The second-order valence-electron chi connectivity index (χ2n) is 4.34. The molecule has 1 aromatic carbocycles. The van der Waals surface area contributed by atoms with Crippen LogP contribution in [0, 0.1) is 10.1 Å². The fourth-order valence-electron chi connectivity index (χ4n) is 1.72. The molecule has 0 saturated carbocycles. The Hall–Kier alpha value is -2.90. The molecular weight excluding hydrogens is 274 g/mol. The van der Waals surface area contributed by atoms with Gasteiger partial charge in [0.15, 0.2) is 0 Å². The highest BCUT2D eigenvalue weighted by atomic mass is 16.6. The van der Waals surface area contributed by atoms with Crippen LogP contribution in [0.4, 0.5) is 16.2 Å². The van der Waals surface area contributed by atoms with E-state index in [0.717, 1.165) is 13.0 Å². The number of nitrogens with one attached hydrogen (secondary N) is 2. The molecule has 1 heterocycles. The summed E-state index contributed by atoms with van der Waals surface area (Å²) >= 11 is 0. The number of aryl methyl sites for hydroxylation is 1. The van der Waals surface area contributed by atoms with Crippen LogP contribution in [0.1, 0.15) is 6.42 Å². The van der Waals surface area contributed by atoms with Gasteiger partial charge in [0.2, 0.25) is 0 Å². The van der Waals surface area contributed by atoms with Crippen molar-refractivity contribution in [2.45, 2.75) is 13.0 Å². The van der Waals surface area contributed by atoms with Crippen LogP contribution in [0.3, 0.4) is 0 Å². The number of non-ortho nitro benzene ring substituents is 1. The minimum atomic E-state index is -0.486. The molecule has 0 bridgehead atoms. The van der Waals surface area contributed by atoms with Crippen molar-refractivity contribution in [1.82, 2.24) is 14.9 Å². The number of hydrogen-bond donors (Lipinski definition) is 2. The summed E-state index contributed by atoms with van der Waals surface area (Å²) in [5, 5.41) is 15.8. The standard InChI is InChI=1S/C13H15N5O3/c19-13(15-6-1-8-17-9-7-14-10-17)16-11-2-4-12(5-3-11)18(20)21/h2-5,7,9-10H,1,6,8H2,(H2,15,16,19). The molecule has 2 N–H and O–H groups in total.